The third-order valence-electron chi connectivity index (χ3n) is 4.05. The van der Waals surface area contributed by atoms with Gasteiger partial charge in [-0.1, -0.05) is 42.5 Å². The Morgan fingerprint density at radius 2 is 1.66 bits per heavy atom. The summed E-state index contributed by atoms with van der Waals surface area (Å²) in [5, 5.41) is 10.2. The Bertz CT molecular complexity index is 868. The van der Waals surface area contributed by atoms with Gasteiger partial charge in [-0.25, -0.2) is 4.79 Å². The Kier molecular flexibility index (Phi) is 7.59. The highest BCUT2D eigenvalue weighted by molar-refractivity contribution is 5.86. The van der Waals surface area contributed by atoms with E-state index in [-0.39, 0.29) is 30.8 Å². The Hall–Kier alpha value is -3.09. The molecule has 1 atom stereocenters. The summed E-state index contributed by atoms with van der Waals surface area (Å²) in [5.74, 6) is -0.545. The first-order valence-electron chi connectivity index (χ1n) is 9.63. The molecule has 156 valence electrons. The Morgan fingerprint density at radius 1 is 0.966 bits per heavy atom. The average Bonchev–Trinajstić information content (AvgIpc) is 2.63. The van der Waals surface area contributed by atoms with Crippen molar-refractivity contribution in [1.82, 2.24) is 16.0 Å². The monoisotopic (exact) mass is 399 g/mol. The fourth-order valence-electron chi connectivity index (χ4n) is 2.83. The van der Waals surface area contributed by atoms with E-state index in [0.717, 1.165) is 16.3 Å². The summed E-state index contributed by atoms with van der Waals surface area (Å²) in [4.78, 5) is 35.7. The molecule has 29 heavy (non-hydrogen) atoms. The van der Waals surface area contributed by atoms with Crippen LogP contribution in [-0.2, 0) is 20.9 Å². The summed E-state index contributed by atoms with van der Waals surface area (Å²) >= 11 is 0. The first-order chi connectivity index (χ1) is 13.6. The minimum Gasteiger partial charge on any atom is -0.444 e. The SMILES string of the molecule is CC(CC(=O)NCc1cccc2ccccc12)NC(=O)CNC(=O)OC(C)(C)C. The van der Waals surface area contributed by atoms with Gasteiger partial charge in [0, 0.05) is 19.0 Å². The van der Waals surface area contributed by atoms with Crippen LogP contribution < -0.4 is 16.0 Å². The fourth-order valence-corrected chi connectivity index (χ4v) is 2.83. The maximum atomic E-state index is 12.2. The minimum absolute atomic E-state index is 0.142. The topological polar surface area (TPSA) is 96.5 Å². The number of hydrogen-bond acceptors (Lipinski definition) is 4. The van der Waals surface area contributed by atoms with Crippen LogP contribution in [-0.4, -0.2) is 36.1 Å². The molecule has 2 aromatic carbocycles. The van der Waals surface area contributed by atoms with Gasteiger partial charge in [-0.15, -0.1) is 0 Å². The number of rotatable bonds is 7. The molecule has 7 nitrogen and oxygen atoms in total. The normalized spacial score (nSPS) is 12.1. The fraction of sp³-hybridized carbons (Fsp3) is 0.409. The van der Waals surface area contributed by atoms with Crippen LogP contribution in [0.5, 0.6) is 0 Å². The molecule has 0 aliphatic rings. The molecule has 0 aliphatic heterocycles. The standard InChI is InChI=1S/C22H29N3O4/c1-15(25-20(27)14-24-21(28)29-22(2,3)4)12-19(26)23-13-17-10-7-9-16-8-5-6-11-18(16)17/h5-11,15H,12-14H2,1-4H3,(H,23,26)(H,24,28)(H,25,27). The zero-order valence-corrected chi connectivity index (χ0v) is 17.4. The third kappa shape index (κ3) is 7.81. The largest absolute Gasteiger partial charge is 0.444 e. The van der Waals surface area contributed by atoms with Crippen molar-refractivity contribution in [3.63, 3.8) is 0 Å². The highest BCUT2D eigenvalue weighted by Crippen LogP contribution is 2.18. The number of amides is 3. The van der Waals surface area contributed by atoms with Crippen LogP contribution in [0.2, 0.25) is 0 Å². The highest BCUT2D eigenvalue weighted by Gasteiger charge is 2.17. The second-order valence-corrected chi connectivity index (χ2v) is 7.94. The lowest BCUT2D eigenvalue weighted by Gasteiger charge is -2.20. The van der Waals surface area contributed by atoms with E-state index >= 15 is 0 Å². The predicted molar refractivity (Wildman–Crippen MR) is 112 cm³/mol. The Morgan fingerprint density at radius 3 is 2.38 bits per heavy atom. The van der Waals surface area contributed by atoms with Gasteiger partial charge in [0.05, 0.1) is 0 Å². The maximum absolute atomic E-state index is 12.2. The van der Waals surface area contributed by atoms with E-state index in [1.54, 1.807) is 27.7 Å². The molecule has 0 spiro atoms. The summed E-state index contributed by atoms with van der Waals surface area (Å²) in [7, 11) is 0. The predicted octanol–water partition coefficient (Wildman–Crippen LogP) is 2.88. The third-order valence-corrected chi connectivity index (χ3v) is 4.05. The zero-order valence-electron chi connectivity index (χ0n) is 17.4. The first-order valence-corrected chi connectivity index (χ1v) is 9.63. The number of hydrogen-bond donors (Lipinski definition) is 3. The molecule has 2 aromatic rings. The molecule has 0 fully saturated rings. The second-order valence-electron chi connectivity index (χ2n) is 7.94. The van der Waals surface area contributed by atoms with E-state index in [9.17, 15) is 14.4 Å². The molecule has 1 unspecified atom stereocenters. The van der Waals surface area contributed by atoms with Gasteiger partial charge in [-0.3, -0.25) is 9.59 Å². The maximum Gasteiger partial charge on any atom is 0.408 e. The van der Waals surface area contributed by atoms with Crippen molar-refractivity contribution >= 4 is 28.7 Å². The molecule has 7 heteroatoms. The van der Waals surface area contributed by atoms with Gasteiger partial charge >= 0.3 is 6.09 Å². The molecule has 0 saturated carbocycles. The van der Waals surface area contributed by atoms with Gasteiger partial charge < -0.3 is 20.7 Å². The number of benzene rings is 2. The van der Waals surface area contributed by atoms with Crippen LogP contribution in [0.3, 0.4) is 0 Å². The smallest absolute Gasteiger partial charge is 0.408 e. The molecular formula is C22H29N3O4. The molecule has 0 heterocycles. The summed E-state index contributed by atoms with van der Waals surface area (Å²) in [6.45, 7) is 7.17. The van der Waals surface area contributed by atoms with Crippen LogP contribution in [0.15, 0.2) is 42.5 Å². The van der Waals surface area contributed by atoms with Crippen LogP contribution in [0.25, 0.3) is 10.8 Å². The summed E-state index contributed by atoms with van der Waals surface area (Å²) in [5.41, 5.74) is 0.408. The summed E-state index contributed by atoms with van der Waals surface area (Å²) < 4.78 is 5.07. The van der Waals surface area contributed by atoms with E-state index in [2.05, 4.69) is 16.0 Å². The molecule has 2 rings (SSSR count). The average molecular weight is 399 g/mol. The quantitative estimate of drug-likeness (QED) is 0.667. The Labute approximate surface area is 171 Å². The molecular weight excluding hydrogens is 370 g/mol. The number of alkyl carbamates (subject to hydrolysis) is 1. The van der Waals surface area contributed by atoms with E-state index < -0.39 is 11.7 Å². The van der Waals surface area contributed by atoms with Crippen molar-refractivity contribution in [2.45, 2.75) is 52.3 Å². The van der Waals surface area contributed by atoms with Crippen molar-refractivity contribution in [2.24, 2.45) is 0 Å². The van der Waals surface area contributed by atoms with Gasteiger partial charge in [0.2, 0.25) is 11.8 Å². The van der Waals surface area contributed by atoms with Gasteiger partial charge in [-0.05, 0) is 44.0 Å². The van der Waals surface area contributed by atoms with E-state index in [1.165, 1.54) is 0 Å². The molecule has 0 saturated heterocycles. The molecule has 0 radical (unpaired) electrons. The number of nitrogens with one attached hydrogen (secondary N) is 3. The molecule has 0 bridgehead atoms. The van der Waals surface area contributed by atoms with E-state index in [1.807, 2.05) is 42.5 Å². The first kappa shape index (κ1) is 22.2. The van der Waals surface area contributed by atoms with Gasteiger partial charge in [0.1, 0.15) is 12.1 Å². The number of fused-ring (bicyclic) bond motifs is 1. The van der Waals surface area contributed by atoms with Crippen molar-refractivity contribution < 1.29 is 19.1 Å². The van der Waals surface area contributed by atoms with E-state index in [0.29, 0.717) is 6.54 Å². The Balaban J connectivity index is 1.74. The van der Waals surface area contributed by atoms with Gasteiger partial charge in [0.15, 0.2) is 0 Å². The van der Waals surface area contributed by atoms with E-state index in [4.69, 9.17) is 4.74 Å². The van der Waals surface area contributed by atoms with Crippen LogP contribution in [0.1, 0.15) is 39.7 Å². The van der Waals surface area contributed by atoms with Crippen molar-refractivity contribution in [1.29, 1.82) is 0 Å². The lowest BCUT2D eigenvalue weighted by atomic mass is 10.0. The zero-order chi connectivity index (χ0) is 21.4. The lowest BCUT2D eigenvalue weighted by molar-refractivity contribution is -0.123. The molecule has 0 aromatic heterocycles. The van der Waals surface area contributed by atoms with Crippen LogP contribution in [0.4, 0.5) is 4.79 Å². The van der Waals surface area contributed by atoms with Crippen molar-refractivity contribution in [2.75, 3.05) is 6.54 Å². The lowest BCUT2D eigenvalue weighted by Crippen LogP contribution is -2.43. The molecule has 3 amide bonds. The summed E-state index contributed by atoms with van der Waals surface area (Å²) in [6.07, 6.45) is -0.517. The van der Waals surface area contributed by atoms with Crippen molar-refractivity contribution in [3.8, 4) is 0 Å². The molecule has 0 aliphatic carbocycles. The van der Waals surface area contributed by atoms with Gasteiger partial charge in [0.25, 0.3) is 0 Å². The van der Waals surface area contributed by atoms with Crippen LogP contribution >= 0.6 is 0 Å². The highest BCUT2D eigenvalue weighted by atomic mass is 16.6. The molecule has 3 N–H and O–H groups in total. The van der Waals surface area contributed by atoms with Crippen LogP contribution in [0, 0.1) is 0 Å². The second kappa shape index (κ2) is 9.91. The number of carbonyl (C=O) groups is 3. The van der Waals surface area contributed by atoms with Gasteiger partial charge in [-0.2, -0.15) is 0 Å². The van der Waals surface area contributed by atoms with Crippen molar-refractivity contribution in [3.05, 3.63) is 48.0 Å². The number of carbonyl (C=O) groups excluding carboxylic acids is 3. The number of ether oxygens (including phenoxy) is 1. The summed E-state index contributed by atoms with van der Waals surface area (Å²) in [6, 6.07) is 13.6. The minimum atomic E-state index is -0.659.